The Morgan fingerprint density at radius 2 is 0.889 bits per heavy atom. The van der Waals surface area contributed by atoms with E-state index in [0.717, 1.165) is 0 Å². The fourth-order valence-corrected chi connectivity index (χ4v) is 0.505. The number of aliphatic hydroxyl groups excluding tert-OH is 2. The van der Waals surface area contributed by atoms with Crippen LogP contribution in [0.5, 0.6) is 0 Å². The highest BCUT2D eigenvalue weighted by molar-refractivity contribution is 5.79. The molecule has 0 aromatic carbocycles. The van der Waals surface area contributed by atoms with Crippen molar-refractivity contribution < 1.29 is 49.8 Å². The van der Waals surface area contributed by atoms with Gasteiger partial charge in [-0.05, 0) is 0 Å². The van der Waals surface area contributed by atoms with Crippen LogP contribution in [0.1, 0.15) is 12.8 Å². The van der Waals surface area contributed by atoms with Gasteiger partial charge in [-0.15, -0.1) is 0 Å². The van der Waals surface area contributed by atoms with Gasteiger partial charge in [0.15, 0.2) is 12.2 Å². The molecule has 0 aliphatic carbocycles. The van der Waals surface area contributed by atoms with Crippen molar-refractivity contribution in [3.05, 3.63) is 0 Å². The molecule has 18 heavy (non-hydrogen) atoms. The zero-order valence-electron chi connectivity index (χ0n) is 8.89. The van der Waals surface area contributed by atoms with E-state index in [9.17, 15) is 19.2 Å². The molecule has 0 aromatic rings. The summed E-state index contributed by atoms with van der Waals surface area (Å²) < 4.78 is 0. The van der Waals surface area contributed by atoms with Crippen molar-refractivity contribution in [3.63, 3.8) is 0 Å². The zero-order valence-corrected chi connectivity index (χ0v) is 8.89. The second-order valence-corrected chi connectivity index (χ2v) is 2.90. The van der Waals surface area contributed by atoms with Crippen molar-refractivity contribution in [3.8, 4) is 0 Å². The van der Waals surface area contributed by atoms with Crippen molar-refractivity contribution in [2.45, 2.75) is 25.0 Å². The van der Waals surface area contributed by atoms with E-state index in [1.165, 1.54) is 0 Å². The highest BCUT2D eigenvalue weighted by Gasteiger charge is 2.16. The highest BCUT2D eigenvalue weighted by atomic mass is 16.4. The number of hydrogen-bond acceptors (Lipinski definition) is 6. The van der Waals surface area contributed by atoms with Crippen LogP contribution in [0.2, 0.25) is 0 Å². The van der Waals surface area contributed by atoms with Crippen molar-refractivity contribution in [2.75, 3.05) is 0 Å². The largest absolute Gasteiger partial charge is 0.481 e. The van der Waals surface area contributed by atoms with E-state index in [4.69, 9.17) is 30.6 Å². The normalized spacial score (nSPS) is 12.6. The summed E-state index contributed by atoms with van der Waals surface area (Å²) in [7, 11) is 0. The number of carboxylic acids is 4. The Bertz CT molecular complexity index is 290. The molecule has 0 aromatic heterocycles. The molecule has 2 atom stereocenters. The van der Waals surface area contributed by atoms with Gasteiger partial charge in [0.05, 0.1) is 12.8 Å². The summed E-state index contributed by atoms with van der Waals surface area (Å²) in [5, 5.41) is 48.3. The summed E-state index contributed by atoms with van der Waals surface area (Å²) in [4.78, 5) is 38.8. The molecule has 0 rings (SSSR count). The van der Waals surface area contributed by atoms with Crippen LogP contribution in [0.3, 0.4) is 0 Å². The summed E-state index contributed by atoms with van der Waals surface area (Å²) in [5.74, 6) is -5.69. The maximum atomic E-state index is 9.72. The molecule has 0 bridgehead atoms. The molecule has 0 amide bonds. The van der Waals surface area contributed by atoms with Crippen molar-refractivity contribution in [1.29, 1.82) is 0 Å². The zero-order chi connectivity index (χ0) is 14.9. The van der Waals surface area contributed by atoms with E-state index in [1.54, 1.807) is 0 Å². The van der Waals surface area contributed by atoms with Crippen LogP contribution in [-0.2, 0) is 19.2 Å². The van der Waals surface area contributed by atoms with E-state index in [-0.39, 0.29) is 0 Å². The van der Waals surface area contributed by atoms with Gasteiger partial charge in [-0.2, -0.15) is 0 Å². The van der Waals surface area contributed by atoms with Gasteiger partial charge in [0, 0.05) is 0 Å². The fraction of sp³-hybridized carbons (Fsp3) is 0.500. The maximum absolute atomic E-state index is 9.72. The summed E-state index contributed by atoms with van der Waals surface area (Å²) in [5.41, 5.74) is 0. The first kappa shape index (κ1) is 18.2. The standard InChI is InChI=1S/2C4H6O5/c2*5-2(4(8)9)1-3(6)7/h2*2,5H,1H2,(H,6,7)(H,8,9)/t2-;/m0./s1. The summed E-state index contributed by atoms with van der Waals surface area (Å²) in [6, 6.07) is 0. The molecular weight excluding hydrogens is 256 g/mol. The third-order valence-corrected chi connectivity index (χ3v) is 1.31. The van der Waals surface area contributed by atoms with Crippen LogP contribution in [0.25, 0.3) is 0 Å². The van der Waals surface area contributed by atoms with Crippen molar-refractivity contribution >= 4 is 23.9 Å². The van der Waals surface area contributed by atoms with Crippen LogP contribution in [-0.4, -0.2) is 66.7 Å². The van der Waals surface area contributed by atoms with Gasteiger partial charge in [-0.25, -0.2) is 9.59 Å². The second kappa shape index (κ2) is 8.90. The molecule has 104 valence electrons. The molecule has 0 spiro atoms. The number of rotatable bonds is 6. The quantitative estimate of drug-likeness (QED) is 0.308. The first-order chi connectivity index (χ1) is 8.07. The lowest BCUT2D eigenvalue weighted by Crippen LogP contribution is -2.22. The van der Waals surface area contributed by atoms with E-state index >= 15 is 0 Å². The van der Waals surface area contributed by atoms with Crippen molar-refractivity contribution in [2.24, 2.45) is 0 Å². The second-order valence-electron chi connectivity index (χ2n) is 2.90. The molecule has 10 heteroatoms. The number of hydrogen-bond donors (Lipinski definition) is 6. The van der Waals surface area contributed by atoms with Gasteiger partial charge in [0.25, 0.3) is 0 Å². The molecule has 0 saturated carbocycles. The van der Waals surface area contributed by atoms with Crippen LogP contribution < -0.4 is 0 Å². The molecule has 0 aliphatic heterocycles. The Labute approximate surface area is 99.7 Å². The maximum Gasteiger partial charge on any atom is 0.333 e. The minimum atomic E-state index is -1.79. The lowest BCUT2D eigenvalue weighted by atomic mass is 10.3. The molecule has 6 N–H and O–H groups in total. The monoisotopic (exact) mass is 268 g/mol. The van der Waals surface area contributed by atoms with Gasteiger partial charge in [-0.1, -0.05) is 0 Å². The molecule has 10 nitrogen and oxygen atoms in total. The Hall–Kier alpha value is -2.20. The van der Waals surface area contributed by atoms with Gasteiger partial charge in [0.1, 0.15) is 0 Å². The molecule has 0 radical (unpaired) electrons. The molecular formula is C8H12O10. The third kappa shape index (κ3) is 11.9. The van der Waals surface area contributed by atoms with Crippen LogP contribution >= 0.6 is 0 Å². The lowest BCUT2D eigenvalue weighted by Gasteiger charge is -1.97. The third-order valence-electron chi connectivity index (χ3n) is 1.31. The highest BCUT2D eigenvalue weighted by Crippen LogP contribution is 1.90. The first-order valence-electron chi connectivity index (χ1n) is 4.33. The van der Waals surface area contributed by atoms with E-state index in [0.29, 0.717) is 0 Å². The number of aliphatic hydroxyl groups is 2. The molecule has 0 aliphatic rings. The molecule has 0 saturated heterocycles. The molecule has 1 unspecified atom stereocenters. The van der Waals surface area contributed by atoms with Gasteiger partial charge in [0.2, 0.25) is 0 Å². The molecule has 0 fully saturated rings. The van der Waals surface area contributed by atoms with Crippen LogP contribution in [0, 0.1) is 0 Å². The molecule has 0 heterocycles. The Kier molecular flexibility index (Phi) is 8.98. The van der Waals surface area contributed by atoms with Crippen LogP contribution in [0.4, 0.5) is 0 Å². The number of carboxylic acid groups (broad SMARTS) is 4. The van der Waals surface area contributed by atoms with E-state index in [1.807, 2.05) is 0 Å². The smallest absolute Gasteiger partial charge is 0.333 e. The van der Waals surface area contributed by atoms with Gasteiger partial charge in [-0.3, -0.25) is 9.59 Å². The van der Waals surface area contributed by atoms with Gasteiger partial charge >= 0.3 is 23.9 Å². The summed E-state index contributed by atoms with van der Waals surface area (Å²) in [6.07, 6.45) is -5.09. The SMILES string of the molecule is O=C(O)CC(O)C(=O)O.O=C(O)C[C@H](O)C(=O)O. The predicted octanol–water partition coefficient (Wildman–Crippen LogP) is -2.19. The fourth-order valence-electron chi connectivity index (χ4n) is 0.505. The number of carbonyl (C=O) groups is 4. The summed E-state index contributed by atoms with van der Waals surface area (Å²) >= 11 is 0. The van der Waals surface area contributed by atoms with Crippen molar-refractivity contribution in [1.82, 2.24) is 0 Å². The van der Waals surface area contributed by atoms with E-state index in [2.05, 4.69) is 0 Å². The first-order valence-corrected chi connectivity index (χ1v) is 4.33. The Morgan fingerprint density at radius 1 is 0.667 bits per heavy atom. The average Bonchev–Trinajstić information content (AvgIpc) is 2.16. The Morgan fingerprint density at radius 3 is 0.944 bits per heavy atom. The summed E-state index contributed by atoms with van der Waals surface area (Å²) in [6.45, 7) is 0. The Balaban J connectivity index is 0. The average molecular weight is 268 g/mol. The van der Waals surface area contributed by atoms with Gasteiger partial charge < -0.3 is 30.6 Å². The minimum Gasteiger partial charge on any atom is -0.481 e. The lowest BCUT2D eigenvalue weighted by molar-refractivity contribution is -0.153. The van der Waals surface area contributed by atoms with Crippen LogP contribution in [0.15, 0.2) is 0 Å². The topological polar surface area (TPSA) is 190 Å². The van der Waals surface area contributed by atoms with E-state index < -0.39 is 48.9 Å². The predicted molar refractivity (Wildman–Crippen MR) is 51.8 cm³/mol. The number of aliphatic carboxylic acids is 4. The minimum absolute atomic E-state index is 0.755.